The quantitative estimate of drug-likeness (QED) is 0.755. The Hall–Kier alpha value is -2.25. The summed E-state index contributed by atoms with van der Waals surface area (Å²) in [5, 5.41) is 5.06. The minimum Gasteiger partial charge on any atom is -0.340 e. The summed E-state index contributed by atoms with van der Waals surface area (Å²) >= 11 is 0. The highest BCUT2D eigenvalue weighted by Crippen LogP contribution is 2.14. The molecule has 0 aliphatic heterocycles. The molecule has 0 saturated carbocycles. The fourth-order valence-electron chi connectivity index (χ4n) is 1.98. The molecule has 0 amide bonds. The van der Waals surface area contributed by atoms with Crippen LogP contribution in [-0.2, 0) is 16.4 Å². The van der Waals surface area contributed by atoms with Crippen molar-refractivity contribution in [2.24, 2.45) is 5.14 Å². The first-order chi connectivity index (χ1) is 9.52. The summed E-state index contributed by atoms with van der Waals surface area (Å²) < 4.78 is 22.3. The van der Waals surface area contributed by atoms with Crippen molar-refractivity contribution in [3.8, 4) is 0 Å². The van der Waals surface area contributed by atoms with Crippen LogP contribution in [0.25, 0.3) is 11.0 Å². The zero-order valence-corrected chi connectivity index (χ0v) is 11.3. The van der Waals surface area contributed by atoms with Crippen molar-refractivity contribution in [1.29, 1.82) is 0 Å². The Bertz CT molecular complexity index is 820. The first-order valence-corrected chi connectivity index (χ1v) is 7.47. The smallest absolute Gasteiger partial charge is 0.238 e. The number of nitrogens with zero attached hydrogens (tertiary/aromatic N) is 2. The van der Waals surface area contributed by atoms with E-state index in [2.05, 4.69) is 15.0 Å². The van der Waals surface area contributed by atoms with Crippen LogP contribution in [0.15, 0.2) is 47.6 Å². The highest BCUT2D eigenvalue weighted by atomic mass is 32.2. The number of pyridine rings is 1. The van der Waals surface area contributed by atoms with Crippen molar-refractivity contribution >= 4 is 21.1 Å². The Morgan fingerprint density at radius 1 is 1.15 bits per heavy atom. The van der Waals surface area contributed by atoms with Gasteiger partial charge in [0.2, 0.25) is 10.0 Å². The van der Waals surface area contributed by atoms with E-state index in [0.717, 1.165) is 22.4 Å². The number of nitrogens with two attached hydrogens (primary N) is 1. The van der Waals surface area contributed by atoms with Gasteiger partial charge in [0.25, 0.3) is 0 Å². The van der Waals surface area contributed by atoms with Crippen LogP contribution in [-0.4, -0.2) is 23.4 Å². The van der Waals surface area contributed by atoms with Crippen molar-refractivity contribution in [2.45, 2.75) is 11.3 Å². The van der Waals surface area contributed by atoms with Gasteiger partial charge in [-0.3, -0.25) is 4.98 Å². The molecule has 0 saturated heterocycles. The number of hydrogen-bond donors (Lipinski definition) is 2. The van der Waals surface area contributed by atoms with Crippen molar-refractivity contribution < 1.29 is 8.42 Å². The standard InChI is InChI=1S/C13H12N4O2S/c14-20(18,19)10-3-1-9(2-4-10)7-13-16-11-5-6-15-8-12(11)17-13/h1-6,8H,7H2,(H,16,17)(H2,14,18,19). The highest BCUT2D eigenvalue weighted by molar-refractivity contribution is 7.89. The molecule has 7 heteroatoms. The van der Waals surface area contributed by atoms with E-state index in [1.807, 2.05) is 6.07 Å². The third kappa shape index (κ3) is 2.54. The molecule has 2 heterocycles. The lowest BCUT2D eigenvalue weighted by Crippen LogP contribution is -2.11. The second kappa shape index (κ2) is 4.69. The van der Waals surface area contributed by atoms with Gasteiger partial charge < -0.3 is 4.98 Å². The first-order valence-electron chi connectivity index (χ1n) is 5.93. The van der Waals surface area contributed by atoms with Gasteiger partial charge in [-0.15, -0.1) is 0 Å². The number of rotatable bonds is 3. The topological polar surface area (TPSA) is 102 Å². The number of hydrogen-bond acceptors (Lipinski definition) is 4. The second-order valence-electron chi connectivity index (χ2n) is 4.44. The van der Waals surface area contributed by atoms with Crippen molar-refractivity contribution in [1.82, 2.24) is 15.0 Å². The summed E-state index contributed by atoms with van der Waals surface area (Å²) in [6, 6.07) is 8.28. The molecule has 0 unspecified atom stereocenters. The van der Waals surface area contributed by atoms with E-state index in [1.54, 1.807) is 24.5 Å². The Morgan fingerprint density at radius 2 is 1.90 bits per heavy atom. The van der Waals surface area contributed by atoms with E-state index in [4.69, 9.17) is 5.14 Å². The average molecular weight is 288 g/mol. The molecule has 6 nitrogen and oxygen atoms in total. The maximum atomic E-state index is 11.2. The van der Waals surface area contributed by atoms with Crippen LogP contribution in [0.4, 0.5) is 0 Å². The van der Waals surface area contributed by atoms with Crippen LogP contribution in [0.5, 0.6) is 0 Å². The number of imidazole rings is 1. The third-order valence-electron chi connectivity index (χ3n) is 2.96. The summed E-state index contributed by atoms with van der Waals surface area (Å²) in [4.78, 5) is 11.7. The lowest BCUT2D eigenvalue weighted by Gasteiger charge is -2.01. The average Bonchev–Trinajstić information content (AvgIpc) is 2.80. The van der Waals surface area contributed by atoms with Gasteiger partial charge in [-0.05, 0) is 23.8 Å². The van der Waals surface area contributed by atoms with E-state index in [9.17, 15) is 8.42 Å². The van der Waals surface area contributed by atoms with Gasteiger partial charge in [0.05, 0.1) is 22.1 Å². The number of fused-ring (bicyclic) bond motifs is 1. The van der Waals surface area contributed by atoms with Crippen molar-refractivity contribution in [3.63, 3.8) is 0 Å². The predicted molar refractivity (Wildman–Crippen MR) is 74.5 cm³/mol. The molecular weight excluding hydrogens is 276 g/mol. The SMILES string of the molecule is NS(=O)(=O)c1ccc(Cc2nc3ccncc3[nH]2)cc1. The fourth-order valence-corrected chi connectivity index (χ4v) is 2.50. The Balaban J connectivity index is 1.87. The summed E-state index contributed by atoms with van der Waals surface area (Å²) in [5.74, 6) is 0.802. The number of sulfonamides is 1. The molecule has 3 N–H and O–H groups in total. The van der Waals surface area contributed by atoms with E-state index in [-0.39, 0.29) is 4.90 Å². The van der Waals surface area contributed by atoms with Gasteiger partial charge >= 0.3 is 0 Å². The number of nitrogens with one attached hydrogen (secondary N) is 1. The first kappa shape index (κ1) is 12.8. The molecule has 1 aromatic carbocycles. The van der Waals surface area contributed by atoms with E-state index >= 15 is 0 Å². The van der Waals surface area contributed by atoms with Crippen LogP contribution < -0.4 is 5.14 Å². The molecular formula is C13H12N4O2S. The lowest BCUT2D eigenvalue weighted by atomic mass is 10.1. The molecule has 3 rings (SSSR count). The zero-order chi connectivity index (χ0) is 14.2. The van der Waals surface area contributed by atoms with Gasteiger partial charge in [0.15, 0.2) is 0 Å². The third-order valence-corrected chi connectivity index (χ3v) is 3.89. The maximum Gasteiger partial charge on any atom is 0.238 e. The molecule has 0 radical (unpaired) electrons. The van der Waals surface area contributed by atoms with E-state index < -0.39 is 10.0 Å². The summed E-state index contributed by atoms with van der Waals surface area (Å²) in [6.45, 7) is 0. The van der Waals surface area contributed by atoms with Crippen LogP contribution >= 0.6 is 0 Å². The normalized spacial score (nSPS) is 11.8. The number of benzene rings is 1. The zero-order valence-electron chi connectivity index (χ0n) is 10.4. The number of H-pyrrole nitrogens is 1. The summed E-state index contributed by atoms with van der Waals surface area (Å²) in [6.07, 6.45) is 3.99. The number of primary sulfonamides is 1. The minimum absolute atomic E-state index is 0.107. The largest absolute Gasteiger partial charge is 0.340 e. The van der Waals surface area contributed by atoms with Crippen LogP contribution in [0.3, 0.4) is 0 Å². The van der Waals surface area contributed by atoms with Crippen molar-refractivity contribution in [2.75, 3.05) is 0 Å². The molecule has 102 valence electrons. The van der Waals surface area contributed by atoms with Crippen molar-refractivity contribution in [3.05, 3.63) is 54.1 Å². The number of aromatic nitrogens is 3. The van der Waals surface area contributed by atoms with Crippen LogP contribution in [0, 0.1) is 0 Å². The summed E-state index contributed by atoms with van der Waals surface area (Å²) in [5.41, 5.74) is 2.68. The van der Waals surface area contributed by atoms with Gasteiger partial charge in [-0.25, -0.2) is 18.5 Å². The van der Waals surface area contributed by atoms with E-state index in [1.165, 1.54) is 12.1 Å². The van der Waals surface area contributed by atoms with Gasteiger partial charge in [0, 0.05) is 12.6 Å². The molecule has 0 aliphatic carbocycles. The van der Waals surface area contributed by atoms with Gasteiger partial charge in [-0.2, -0.15) is 0 Å². The second-order valence-corrected chi connectivity index (χ2v) is 6.00. The predicted octanol–water partition coefficient (Wildman–Crippen LogP) is 1.20. The molecule has 0 bridgehead atoms. The molecule has 20 heavy (non-hydrogen) atoms. The molecule has 0 fully saturated rings. The van der Waals surface area contributed by atoms with Gasteiger partial charge in [-0.1, -0.05) is 12.1 Å². The van der Waals surface area contributed by atoms with Crippen LogP contribution in [0.2, 0.25) is 0 Å². The Morgan fingerprint density at radius 3 is 2.55 bits per heavy atom. The summed E-state index contributed by atoms with van der Waals surface area (Å²) in [7, 11) is -3.64. The molecule has 0 spiro atoms. The van der Waals surface area contributed by atoms with Crippen LogP contribution in [0.1, 0.15) is 11.4 Å². The molecule has 3 aromatic rings. The van der Waals surface area contributed by atoms with Gasteiger partial charge in [0.1, 0.15) is 5.82 Å². The monoisotopic (exact) mass is 288 g/mol. The lowest BCUT2D eigenvalue weighted by molar-refractivity contribution is 0.598. The molecule has 2 aromatic heterocycles. The van der Waals surface area contributed by atoms with E-state index in [0.29, 0.717) is 6.42 Å². The Kier molecular flexibility index (Phi) is 3.00. The Labute approximate surface area is 115 Å². The fraction of sp³-hybridized carbons (Fsp3) is 0.0769. The minimum atomic E-state index is -3.64. The molecule has 0 atom stereocenters. The molecule has 0 aliphatic rings. The maximum absolute atomic E-state index is 11.2. The number of aromatic amines is 1. The highest BCUT2D eigenvalue weighted by Gasteiger charge is 2.08.